The van der Waals surface area contributed by atoms with Crippen LogP contribution in [-0.2, 0) is 48.3 Å². The van der Waals surface area contributed by atoms with Crippen LogP contribution in [0.15, 0.2) is 91.0 Å². The molecule has 0 spiro atoms. The number of rotatable bonds is 13. The van der Waals surface area contributed by atoms with Crippen molar-refractivity contribution in [1.82, 2.24) is 0 Å². The van der Waals surface area contributed by atoms with E-state index < -0.39 is 24.4 Å². The number of benzene rings is 3. The highest BCUT2D eigenvalue weighted by molar-refractivity contribution is 7.99. The lowest BCUT2D eigenvalue weighted by Crippen LogP contribution is -2.60. The van der Waals surface area contributed by atoms with Gasteiger partial charge in [0.25, 0.3) is 0 Å². The van der Waals surface area contributed by atoms with Gasteiger partial charge in [-0.05, 0) is 22.4 Å². The summed E-state index contributed by atoms with van der Waals surface area (Å²) in [6.07, 6.45) is -1.89. The van der Waals surface area contributed by atoms with Gasteiger partial charge < -0.3 is 23.7 Å². The third kappa shape index (κ3) is 8.41. The van der Waals surface area contributed by atoms with Crippen molar-refractivity contribution in [2.24, 2.45) is 0 Å². The summed E-state index contributed by atoms with van der Waals surface area (Å²) in [6.45, 7) is 4.74. The summed E-state index contributed by atoms with van der Waals surface area (Å²) < 4.78 is 31.6. The summed E-state index contributed by atoms with van der Waals surface area (Å²) >= 11 is 1.65. The van der Waals surface area contributed by atoms with Gasteiger partial charge >= 0.3 is 5.97 Å². The van der Waals surface area contributed by atoms with Gasteiger partial charge in [0.15, 0.2) is 0 Å². The number of carbonyl (C=O) groups excluding carboxylic acids is 1. The lowest BCUT2D eigenvalue weighted by atomic mass is 9.99. The van der Waals surface area contributed by atoms with E-state index in [0.29, 0.717) is 19.8 Å². The average molecular weight is 537 g/mol. The Morgan fingerprint density at radius 3 is 1.61 bits per heavy atom. The van der Waals surface area contributed by atoms with Crippen LogP contribution in [-0.4, -0.2) is 48.2 Å². The van der Waals surface area contributed by atoms with Crippen molar-refractivity contribution in [3.63, 3.8) is 0 Å². The van der Waals surface area contributed by atoms with Crippen LogP contribution in [0.25, 0.3) is 0 Å². The summed E-state index contributed by atoms with van der Waals surface area (Å²) in [6, 6.07) is 30.1. The van der Waals surface area contributed by atoms with Crippen molar-refractivity contribution >= 4 is 17.7 Å². The normalized spacial score (nSPS) is 23.2. The van der Waals surface area contributed by atoms with Gasteiger partial charge in [-0.25, -0.2) is 0 Å². The lowest BCUT2D eigenvalue weighted by molar-refractivity contribution is -0.253. The van der Waals surface area contributed by atoms with Crippen molar-refractivity contribution in [2.45, 2.75) is 63.5 Å². The Morgan fingerprint density at radius 2 is 1.16 bits per heavy atom. The molecule has 1 fully saturated rings. The number of ether oxygens (including phenoxy) is 5. The van der Waals surface area contributed by atoms with Gasteiger partial charge in [0.2, 0.25) is 0 Å². The van der Waals surface area contributed by atoms with Crippen LogP contribution in [0.3, 0.4) is 0 Å². The molecule has 0 bridgehead atoms. The Hall–Kier alpha value is -2.68. The van der Waals surface area contributed by atoms with Crippen molar-refractivity contribution in [3.05, 3.63) is 108 Å². The van der Waals surface area contributed by atoms with Crippen LogP contribution in [0.4, 0.5) is 0 Å². The zero-order chi connectivity index (χ0) is 26.6. The molecule has 5 atom stereocenters. The van der Waals surface area contributed by atoms with E-state index in [1.165, 1.54) is 6.92 Å². The Balaban J connectivity index is 1.62. The van der Waals surface area contributed by atoms with Gasteiger partial charge in [-0.3, -0.25) is 4.79 Å². The summed E-state index contributed by atoms with van der Waals surface area (Å²) in [5.74, 6) is 0.469. The summed E-state index contributed by atoms with van der Waals surface area (Å²) in [5, 5.41) is 0. The van der Waals surface area contributed by atoms with Crippen LogP contribution >= 0.6 is 11.8 Å². The van der Waals surface area contributed by atoms with Gasteiger partial charge in [0, 0.05) is 6.92 Å². The molecule has 202 valence electrons. The van der Waals surface area contributed by atoms with Crippen LogP contribution in [0.5, 0.6) is 0 Å². The SMILES string of the molecule is CCS[C@@H]1O[C@H](COC(C)=O)[C@H](OCc2ccccc2)[C@H](OCc2ccccc2)[C@H]1OCc1ccccc1. The number of carbonyl (C=O) groups is 1. The van der Waals surface area contributed by atoms with Crippen molar-refractivity contribution < 1.29 is 28.5 Å². The fourth-order valence-corrected chi connectivity index (χ4v) is 5.35. The van der Waals surface area contributed by atoms with E-state index in [4.69, 9.17) is 23.7 Å². The maximum absolute atomic E-state index is 11.7. The standard InChI is InChI=1S/C31H36O6S/c1-3-38-31-30(36-21-26-17-11-6-12-18-26)29(35-20-25-15-9-5-10-16-25)28(27(37-31)22-33-23(2)32)34-19-24-13-7-4-8-14-24/h4-18,27-31H,3,19-22H2,1-2H3/t27-,28+,29+,30-,31+/m1/s1. The third-order valence-electron chi connectivity index (χ3n) is 6.23. The van der Waals surface area contributed by atoms with E-state index in [1.54, 1.807) is 11.8 Å². The molecule has 0 amide bonds. The molecule has 0 N–H and O–H groups in total. The fraction of sp³-hybridized carbons (Fsp3) is 0.387. The Bertz CT molecular complexity index is 1080. The topological polar surface area (TPSA) is 63.2 Å². The molecule has 1 aliphatic heterocycles. The second kappa shape index (κ2) is 15.0. The fourth-order valence-electron chi connectivity index (χ4n) is 4.38. The molecule has 3 aromatic rings. The second-order valence-electron chi connectivity index (χ2n) is 9.08. The highest BCUT2D eigenvalue weighted by Crippen LogP contribution is 2.35. The first-order valence-electron chi connectivity index (χ1n) is 13.0. The molecule has 0 unspecified atom stereocenters. The molecule has 6 nitrogen and oxygen atoms in total. The van der Waals surface area contributed by atoms with Crippen LogP contribution in [0.2, 0.25) is 0 Å². The molecule has 0 radical (unpaired) electrons. The molecule has 1 heterocycles. The molecular formula is C31H36O6S. The van der Waals surface area contributed by atoms with Crippen LogP contribution < -0.4 is 0 Å². The minimum atomic E-state index is -0.521. The molecule has 38 heavy (non-hydrogen) atoms. The highest BCUT2D eigenvalue weighted by atomic mass is 32.2. The molecule has 1 saturated heterocycles. The van der Waals surface area contributed by atoms with E-state index in [0.717, 1.165) is 22.4 Å². The van der Waals surface area contributed by atoms with E-state index in [1.807, 2.05) is 91.0 Å². The molecule has 1 aliphatic rings. The smallest absolute Gasteiger partial charge is 0.302 e. The maximum Gasteiger partial charge on any atom is 0.302 e. The summed E-state index contributed by atoms with van der Waals surface area (Å²) in [5.41, 5.74) is 2.84. The van der Waals surface area contributed by atoms with Crippen LogP contribution in [0.1, 0.15) is 30.5 Å². The molecule has 0 saturated carbocycles. The lowest BCUT2D eigenvalue weighted by Gasteiger charge is -2.45. The predicted molar refractivity (Wildman–Crippen MR) is 148 cm³/mol. The number of esters is 1. The average Bonchev–Trinajstić information content (AvgIpc) is 2.95. The first-order chi connectivity index (χ1) is 18.6. The Morgan fingerprint density at radius 1 is 0.711 bits per heavy atom. The van der Waals surface area contributed by atoms with Crippen LogP contribution in [0, 0.1) is 0 Å². The minimum Gasteiger partial charge on any atom is -0.463 e. The second-order valence-corrected chi connectivity index (χ2v) is 10.5. The Labute approximate surface area is 229 Å². The van der Waals surface area contributed by atoms with Crippen molar-refractivity contribution in [3.8, 4) is 0 Å². The van der Waals surface area contributed by atoms with Gasteiger partial charge in [-0.2, -0.15) is 0 Å². The van der Waals surface area contributed by atoms with Gasteiger partial charge in [-0.1, -0.05) is 97.9 Å². The monoisotopic (exact) mass is 536 g/mol. The van der Waals surface area contributed by atoms with E-state index >= 15 is 0 Å². The predicted octanol–water partition coefficient (Wildman–Crippen LogP) is 5.78. The van der Waals surface area contributed by atoms with Crippen molar-refractivity contribution in [2.75, 3.05) is 12.4 Å². The van der Waals surface area contributed by atoms with Gasteiger partial charge in [-0.15, -0.1) is 11.8 Å². The van der Waals surface area contributed by atoms with Gasteiger partial charge in [0.05, 0.1) is 19.8 Å². The zero-order valence-electron chi connectivity index (χ0n) is 21.9. The quantitative estimate of drug-likeness (QED) is 0.257. The first kappa shape index (κ1) is 28.3. The molecule has 4 rings (SSSR count). The molecule has 7 heteroatoms. The number of thioether (sulfide) groups is 1. The van der Waals surface area contributed by atoms with E-state index in [2.05, 4.69) is 6.92 Å². The summed E-state index contributed by atoms with van der Waals surface area (Å²) in [4.78, 5) is 11.7. The number of hydrogen-bond donors (Lipinski definition) is 0. The molecule has 0 aromatic heterocycles. The van der Waals surface area contributed by atoms with E-state index in [-0.39, 0.29) is 18.0 Å². The molecule has 3 aromatic carbocycles. The third-order valence-corrected chi connectivity index (χ3v) is 7.27. The van der Waals surface area contributed by atoms with Gasteiger partial charge in [0.1, 0.15) is 36.5 Å². The van der Waals surface area contributed by atoms with Crippen molar-refractivity contribution in [1.29, 1.82) is 0 Å². The molecular weight excluding hydrogens is 500 g/mol. The first-order valence-corrected chi connectivity index (χ1v) is 14.1. The Kier molecular flexibility index (Phi) is 11.2. The summed E-state index contributed by atoms with van der Waals surface area (Å²) in [7, 11) is 0. The maximum atomic E-state index is 11.7. The zero-order valence-corrected chi connectivity index (χ0v) is 22.8. The highest BCUT2D eigenvalue weighted by Gasteiger charge is 2.48. The largest absolute Gasteiger partial charge is 0.463 e. The molecule has 0 aliphatic carbocycles. The van der Waals surface area contributed by atoms with E-state index in [9.17, 15) is 4.79 Å². The number of hydrogen-bond acceptors (Lipinski definition) is 7. The minimum absolute atomic E-state index is 0.0756.